The lowest BCUT2D eigenvalue weighted by Crippen LogP contribution is -2.31. The molecule has 0 atom stereocenters. The number of hydrogen-bond acceptors (Lipinski definition) is 1. The van der Waals surface area contributed by atoms with Crippen LogP contribution in [0.3, 0.4) is 0 Å². The molecule has 11 heavy (non-hydrogen) atoms. The van der Waals surface area contributed by atoms with E-state index in [-0.39, 0.29) is 0 Å². The van der Waals surface area contributed by atoms with Crippen LogP contribution in [0.4, 0.5) is 0 Å². The van der Waals surface area contributed by atoms with Crippen molar-refractivity contribution in [1.29, 1.82) is 0 Å². The van der Waals surface area contributed by atoms with Crippen LogP contribution in [0.2, 0.25) is 0 Å². The van der Waals surface area contributed by atoms with Crippen molar-refractivity contribution in [3.8, 4) is 0 Å². The molecule has 68 valence electrons. The summed E-state index contributed by atoms with van der Waals surface area (Å²) in [4.78, 5) is 0. The minimum atomic E-state index is 0.672. The van der Waals surface area contributed by atoms with E-state index < -0.39 is 0 Å². The summed E-state index contributed by atoms with van der Waals surface area (Å²) in [5.74, 6) is 1.01. The number of rotatable bonds is 3. The summed E-state index contributed by atoms with van der Waals surface area (Å²) < 4.78 is 0. The molecule has 1 N–H and O–H groups in total. The maximum Gasteiger partial charge on any atom is 0.00104 e. The Morgan fingerprint density at radius 3 is 2.09 bits per heavy atom. The monoisotopic (exact) mass is 157 g/mol. The standard InChI is InChI=1S/C8H17N.C2H6/c1-7(2)9-6-8-4-3-5-8;1-2/h7-9H,3-6H2,1-2H3;1-2H3. The molecule has 0 heterocycles. The third-order valence-corrected chi connectivity index (χ3v) is 2.04. The molecule has 0 bridgehead atoms. The second-order valence-corrected chi connectivity index (χ2v) is 3.36. The molecule has 0 aliphatic heterocycles. The predicted molar refractivity (Wildman–Crippen MR) is 51.8 cm³/mol. The van der Waals surface area contributed by atoms with Gasteiger partial charge in [-0.05, 0) is 25.3 Å². The fourth-order valence-electron chi connectivity index (χ4n) is 1.10. The Bertz CT molecular complexity index is 74.9. The highest BCUT2D eigenvalue weighted by atomic mass is 14.9. The van der Waals surface area contributed by atoms with Crippen molar-refractivity contribution >= 4 is 0 Å². The van der Waals surface area contributed by atoms with E-state index in [0.717, 1.165) is 5.92 Å². The van der Waals surface area contributed by atoms with Gasteiger partial charge in [-0.15, -0.1) is 0 Å². The summed E-state index contributed by atoms with van der Waals surface area (Å²) in [5.41, 5.74) is 0. The predicted octanol–water partition coefficient (Wildman–Crippen LogP) is 2.81. The zero-order valence-corrected chi connectivity index (χ0v) is 8.48. The molecule has 0 aromatic heterocycles. The molecule has 1 nitrogen and oxygen atoms in total. The van der Waals surface area contributed by atoms with Gasteiger partial charge in [-0.3, -0.25) is 0 Å². The van der Waals surface area contributed by atoms with Gasteiger partial charge in [-0.2, -0.15) is 0 Å². The Balaban J connectivity index is 0.000000461. The van der Waals surface area contributed by atoms with Crippen LogP contribution >= 0.6 is 0 Å². The fraction of sp³-hybridized carbons (Fsp3) is 1.00. The van der Waals surface area contributed by atoms with E-state index >= 15 is 0 Å². The number of nitrogens with one attached hydrogen (secondary N) is 1. The van der Waals surface area contributed by atoms with E-state index in [2.05, 4.69) is 19.2 Å². The van der Waals surface area contributed by atoms with Gasteiger partial charge in [0.15, 0.2) is 0 Å². The van der Waals surface area contributed by atoms with Crippen LogP contribution in [0.5, 0.6) is 0 Å². The van der Waals surface area contributed by atoms with Crippen molar-refractivity contribution < 1.29 is 0 Å². The van der Waals surface area contributed by atoms with Gasteiger partial charge in [0.2, 0.25) is 0 Å². The van der Waals surface area contributed by atoms with Gasteiger partial charge in [-0.25, -0.2) is 0 Å². The van der Waals surface area contributed by atoms with E-state index in [1.165, 1.54) is 25.8 Å². The first-order chi connectivity index (χ1) is 5.29. The van der Waals surface area contributed by atoms with E-state index in [1.54, 1.807) is 0 Å². The Labute approximate surface area is 71.6 Å². The van der Waals surface area contributed by atoms with Crippen molar-refractivity contribution in [1.82, 2.24) is 5.32 Å². The average molecular weight is 157 g/mol. The molecule has 0 spiro atoms. The van der Waals surface area contributed by atoms with Gasteiger partial charge in [0, 0.05) is 6.04 Å². The highest BCUT2D eigenvalue weighted by molar-refractivity contribution is 4.72. The third-order valence-electron chi connectivity index (χ3n) is 2.04. The highest BCUT2D eigenvalue weighted by Crippen LogP contribution is 2.25. The zero-order chi connectivity index (χ0) is 8.69. The summed E-state index contributed by atoms with van der Waals surface area (Å²) in [6.07, 6.45) is 4.38. The SMILES string of the molecule is CC.CC(C)NCC1CCC1. The van der Waals surface area contributed by atoms with Crippen LogP contribution in [0.25, 0.3) is 0 Å². The quantitative estimate of drug-likeness (QED) is 0.664. The van der Waals surface area contributed by atoms with Crippen LogP contribution in [-0.2, 0) is 0 Å². The molecular formula is C10H23N. The maximum absolute atomic E-state index is 3.45. The van der Waals surface area contributed by atoms with Crippen LogP contribution in [0.1, 0.15) is 47.0 Å². The second-order valence-electron chi connectivity index (χ2n) is 3.36. The lowest BCUT2D eigenvalue weighted by atomic mass is 9.85. The van der Waals surface area contributed by atoms with Gasteiger partial charge in [0.1, 0.15) is 0 Å². The van der Waals surface area contributed by atoms with Gasteiger partial charge >= 0.3 is 0 Å². The van der Waals surface area contributed by atoms with Gasteiger partial charge in [-0.1, -0.05) is 34.1 Å². The topological polar surface area (TPSA) is 12.0 Å². The molecule has 1 aliphatic carbocycles. The minimum Gasteiger partial charge on any atom is -0.314 e. The van der Waals surface area contributed by atoms with Crippen molar-refractivity contribution in [2.24, 2.45) is 5.92 Å². The third kappa shape index (κ3) is 5.25. The van der Waals surface area contributed by atoms with Crippen LogP contribution in [0.15, 0.2) is 0 Å². The summed E-state index contributed by atoms with van der Waals surface area (Å²) in [5, 5.41) is 3.45. The highest BCUT2D eigenvalue weighted by Gasteiger charge is 2.16. The van der Waals surface area contributed by atoms with Crippen molar-refractivity contribution in [2.75, 3.05) is 6.54 Å². The molecule has 1 saturated carbocycles. The van der Waals surface area contributed by atoms with Gasteiger partial charge in [0.25, 0.3) is 0 Å². The van der Waals surface area contributed by atoms with Gasteiger partial charge < -0.3 is 5.32 Å². The summed E-state index contributed by atoms with van der Waals surface area (Å²) in [6.45, 7) is 9.66. The Morgan fingerprint density at radius 1 is 1.27 bits per heavy atom. The Kier molecular flexibility index (Phi) is 6.63. The first-order valence-corrected chi connectivity index (χ1v) is 5.02. The summed E-state index contributed by atoms with van der Waals surface area (Å²) in [6, 6.07) is 0.672. The first kappa shape index (κ1) is 11.0. The zero-order valence-electron chi connectivity index (χ0n) is 8.48. The molecular weight excluding hydrogens is 134 g/mol. The molecule has 1 heteroatoms. The molecule has 0 unspecified atom stereocenters. The van der Waals surface area contributed by atoms with Crippen molar-refractivity contribution in [2.45, 2.75) is 53.0 Å². The average Bonchev–Trinajstić information content (AvgIpc) is 1.88. The molecule has 1 fully saturated rings. The van der Waals surface area contributed by atoms with E-state index in [0.29, 0.717) is 6.04 Å². The Morgan fingerprint density at radius 2 is 1.82 bits per heavy atom. The smallest absolute Gasteiger partial charge is 0.00104 e. The second kappa shape index (κ2) is 6.66. The first-order valence-electron chi connectivity index (χ1n) is 5.02. The largest absolute Gasteiger partial charge is 0.314 e. The summed E-state index contributed by atoms with van der Waals surface area (Å²) in [7, 11) is 0. The lowest BCUT2D eigenvalue weighted by Gasteiger charge is -2.26. The van der Waals surface area contributed by atoms with Gasteiger partial charge in [0.05, 0.1) is 0 Å². The van der Waals surface area contributed by atoms with Crippen molar-refractivity contribution in [3.05, 3.63) is 0 Å². The normalized spacial score (nSPS) is 17.2. The van der Waals surface area contributed by atoms with E-state index in [4.69, 9.17) is 0 Å². The van der Waals surface area contributed by atoms with Crippen LogP contribution < -0.4 is 5.32 Å². The molecule has 0 amide bonds. The maximum atomic E-state index is 3.45. The van der Waals surface area contributed by atoms with Crippen LogP contribution in [0, 0.1) is 5.92 Å². The molecule has 1 rings (SSSR count). The molecule has 0 saturated heterocycles. The molecule has 1 aliphatic rings. The molecule has 0 radical (unpaired) electrons. The molecule has 0 aromatic rings. The van der Waals surface area contributed by atoms with E-state index in [1.807, 2.05) is 13.8 Å². The summed E-state index contributed by atoms with van der Waals surface area (Å²) >= 11 is 0. The number of hydrogen-bond donors (Lipinski definition) is 1. The van der Waals surface area contributed by atoms with Crippen LogP contribution in [-0.4, -0.2) is 12.6 Å². The Hall–Kier alpha value is -0.0400. The molecule has 0 aromatic carbocycles. The van der Waals surface area contributed by atoms with E-state index in [9.17, 15) is 0 Å². The van der Waals surface area contributed by atoms with Crippen molar-refractivity contribution in [3.63, 3.8) is 0 Å². The lowest BCUT2D eigenvalue weighted by molar-refractivity contribution is 0.294. The fourth-order valence-corrected chi connectivity index (χ4v) is 1.10. The minimum absolute atomic E-state index is 0.672.